The van der Waals surface area contributed by atoms with Crippen LogP contribution in [-0.2, 0) is 26.2 Å². The minimum atomic E-state index is -0.243. The molecule has 0 saturated carbocycles. The predicted molar refractivity (Wildman–Crippen MR) is 186 cm³/mol. The van der Waals surface area contributed by atoms with Gasteiger partial charge in [0, 0.05) is 35.1 Å². The molecule has 2 aliphatic rings. The van der Waals surface area contributed by atoms with Crippen LogP contribution in [0.1, 0.15) is 51.5 Å². The first-order chi connectivity index (χ1) is 23.4. The fourth-order valence-corrected chi connectivity index (χ4v) is 7.34. The molecule has 10 nitrogen and oxygen atoms in total. The first kappa shape index (κ1) is 32.4. The van der Waals surface area contributed by atoms with E-state index >= 15 is 0 Å². The van der Waals surface area contributed by atoms with Gasteiger partial charge >= 0.3 is 0 Å². The molecular formula is C35H33Br2FN10. The van der Waals surface area contributed by atoms with E-state index < -0.39 is 0 Å². The smallest absolute Gasteiger partial charge is 0.173 e. The van der Waals surface area contributed by atoms with Crippen LogP contribution in [0.25, 0.3) is 0 Å². The highest BCUT2D eigenvalue weighted by atomic mass is 79.9. The molecule has 8 rings (SSSR count). The summed E-state index contributed by atoms with van der Waals surface area (Å²) in [7, 11) is 0. The molecule has 2 atom stereocenters. The van der Waals surface area contributed by atoms with E-state index in [0.717, 1.165) is 65.4 Å². The summed E-state index contributed by atoms with van der Waals surface area (Å²) in [5.41, 5.74) is 5.96. The number of halogens is 3. The Morgan fingerprint density at radius 1 is 0.625 bits per heavy atom. The van der Waals surface area contributed by atoms with Crippen LogP contribution in [0.3, 0.4) is 0 Å². The molecule has 0 spiro atoms. The number of aryl methyl sites for hydroxylation is 1. The highest BCUT2D eigenvalue weighted by molar-refractivity contribution is 9.10. The Morgan fingerprint density at radius 2 is 1.15 bits per heavy atom. The zero-order chi connectivity index (χ0) is 33.0. The van der Waals surface area contributed by atoms with E-state index in [2.05, 4.69) is 140 Å². The van der Waals surface area contributed by atoms with Crippen LogP contribution in [0.4, 0.5) is 4.39 Å². The summed E-state index contributed by atoms with van der Waals surface area (Å²) in [5.74, 6) is 1.47. The van der Waals surface area contributed by atoms with Gasteiger partial charge in [-0.3, -0.25) is 9.80 Å². The number of rotatable bonds is 6. The Hall–Kier alpha value is -4.17. The SMILES string of the molecule is Cc1cccc([C@@H]2c3nnnn3CCN2Cc2cccc(Br)c2)c1.Fc1ccc([C@H]2c3nnnn3CCN2Cc2cccc(Br)c2)cc1. The van der Waals surface area contributed by atoms with Crippen molar-refractivity contribution in [1.29, 1.82) is 0 Å². The molecule has 0 radical (unpaired) electrons. The normalized spacial score (nSPS) is 17.7. The molecule has 0 N–H and O–H groups in total. The highest BCUT2D eigenvalue weighted by Crippen LogP contribution is 2.33. The van der Waals surface area contributed by atoms with E-state index in [4.69, 9.17) is 0 Å². The molecule has 4 aromatic carbocycles. The standard InChI is InChI=1S/C18H18BrN5.C17H15BrFN5/c1-13-4-2-6-15(10-13)17-18-20-21-22-24(18)9-8-23(17)12-14-5-3-7-16(19)11-14;18-14-3-1-2-12(10-14)11-23-8-9-24-17(20-21-22-24)16(23)13-4-6-15(19)7-5-13/h2-7,10-11,17H,8-9,12H2,1H3;1-7,10,16H,8-9,11H2/t17-;16-/m10/s1. The molecule has 0 unspecified atom stereocenters. The van der Waals surface area contributed by atoms with E-state index in [0.29, 0.717) is 0 Å². The van der Waals surface area contributed by atoms with Gasteiger partial charge in [-0.25, -0.2) is 13.8 Å². The third-order valence-corrected chi connectivity index (χ3v) is 9.62. The Balaban J connectivity index is 0.000000152. The van der Waals surface area contributed by atoms with Crippen molar-refractivity contribution >= 4 is 31.9 Å². The van der Waals surface area contributed by atoms with Crippen LogP contribution in [0.15, 0.2) is 106 Å². The maximum absolute atomic E-state index is 13.3. The fraction of sp³-hybridized carbons (Fsp3) is 0.257. The Morgan fingerprint density at radius 3 is 1.67 bits per heavy atom. The molecular weight excluding hydrogens is 739 g/mol. The van der Waals surface area contributed by atoms with Crippen LogP contribution in [0.5, 0.6) is 0 Å². The van der Waals surface area contributed by atoms with Crippen molar-refractivity contribution in [2.75, 3.05) is 13.1 Å². The van der Waals surface area contributed by atoms with Crippen molar-refractivity contribution in [2.24, 2.45) is 0 Å². The van der Waals surface area contributed by atoms with Gasteiger partial charge in [0.15, 0.2) is 11.6 Å². The van der Waals surface area contributed by atoms with E-state index in [1.165, 1.54) is 34.4 Å². The molecule has 48 heavy (non-hydrogen) atoms. The van der Waals surface area contributed by atoms with Crippen molar-refractivity contribution in [3.63, 3.8) is 0 Å². The molecule has 0 bridgehead atoms. The molecule has 4 heterocycles. The Bertz CT molecular complexity index is 2000. The summed E-state index contributed by atoms with van der Waals surface area (Å²) in [5, 5.41) is 24.4. The van der Waals surface area contributed by atoms with Crippen molar-refractivity contribution < 1.29 is 4.39 Å². The number of fused-ring (bicyclic) bond motifs is 2. The summed E-state index contributed by atoms with van der Waals surface area (Å²) in [4.78, 5) is 4.77. The number of benzene rings is 4. The molecule has 244 valence electrons. The summed E-state index contributed by atoms with van der Waals surface area (Å²) in [6, 6.07) is 31.9. The third-order valence-electron chi connectivity index (χ3n) is 8.63. The number of aromatic nitrogens is 8. The molecule has 0 saturated heterocycles. The second kappa shape index (κ2) is 14.5. The third kappa shape index (κ3) is 7.29. The van der Waals surface area contributed by atoms with Crippen LogP contribution >= 0.6 is 31.9 Å². The number of hydrogen-bond acceptors (Lipinski definition) is 8. The lowest BCUT2D eigenvalue weighted by molar-refractivity contribution is 0.164. The number of nitrogens with zero attached hydrogens (tertiary/aromatic N) is 10. The van der Waals surface area contributed by atoms with Gasteiger partial charge in [-0.05, 0) is 86.4 Å². The van der Waals surface area contributed by atoms with Crippen molar-refractivity contribution in [1.82, 2.24) is 50.2 Å². The zero-order valence-corrected chi connectivity index (χ0v) is 29.4. The van der Waals surface area contributed by atoms with Crippen molar-refractivity contribution in [3.05, 3.63) is 151 Å². The Labute approximate surface area is 294 Å². The minimum Gasteiger partial charge on any atom is -0.284 e. The average Bonchev–Trinajstić information content (AvgIpc) is 3.76. The number of hydrogen-bond donors (Lipinski definition) is 0. The van der Waals surface area contributed by atoms with Gasteiger partial charge in [0.1, 0.15) is 5.82 Å². The van der Waals surface area contributed by atoms with Gasteiger partial charge in [0.05, 0.1) is 25.2 Å². The van der Waals surface area contributed by atoms with Crippen molar-refractivity contribution in [3.8, 4) is 0 Å². The molecule has 2 aliphatic heterocycles. The minimum absolute atomic E-state index is 0.0765. The van der Waals surface area contributed by atoms with Gasteiger partial charge < -0.3 is 0 Å². The second-order valence-corrected chi connectivity index (χ2v) is 13.8. The fourth-order valence-electron chi connectivity index (χ4n) is 6.45. The van der Waals surface area contributed by atoms with Crippen LogP contribution < -0.4 is 0 Å². The van der Waals surface area contributed by atoms with E-state index in [-0.39, 0.29) is 17.9 Å². The molecule has 13 heteroatoms. The summed E-state index contributed by atoms with van der Waals surface area (Å²) >= 11 is 7.08. The first-order valence-corrected chi connectivity index (χ1v) is 17.3. The highest BCUT2D eigenvalue weighted by Gasteiger charge is 2.33. The molecule has 2 aromatic heterocycles. The first-order valence-electron chi connectivity index (χ1n) is 15.7. The summed E-state index contributed by atoms with van der Waals surface area (Å²) in [6.07, 6.45) is 0. The van der Waals surface area contributed by atoms with Gasteiger partial charge in [-0.2, -0.15) is 0 Å². The number of tetrazole rings is 2. The summed E-state index contributed by atoms with van der Waals surface area (Å²) in [6.45, 7) is 7.07. The lowest BCUT2D eigenvalue weighted by atomic mass is 10.00. The largest absolute Gasteiger partial charge is 0.284 e. The maximum Gasteiger partial charge on any atom is 0.173 e. The van der Waals surface area contributed by atoms with Gasteiger partial charge in [0.25, 0.3) is 0 Å². The zero-order valence-electron chi connectivity index (χ0n) is 26.2. The maximum atomic E-state index is 13.3. The van der Waals surface area contributed by atoms with E-state index in [1.807, 2.05) is 21.5 Å². The van der Waals surface area contributed by atoms with Crippen LogP contribution in [0, 0.1) is 12.7 Å². The lowest BCUT2D eigenvalue weighted by Crippen LogP contribution is -2.39. The average molecular weight is 773 g/mol. The van der Waals surface area contributed by atoms with E-state index in [1.54, 1.807) is 12.1 Å². The monoisotopic (exact) mass is 770 g/mol. The topological polar surface area (TPSA) is 93.7 Å². The molecule has 0 amide bonds. The Kier molecular flexibility index (Phi) is 9.80. The van der Waals surface area contributed by atoms with Crippen LogP contribution in [-0.4, -0.2) is 63.3 Å². The van der Waals surface area contributed by atoms with E-state index in [9.17, 15) is 4.39 Å². The van der Waals surface area contributed by atoms with Crippen molar-refractivity contribution in [2.45, 2.75) is 45.2 Å². The molecule has 0 aliphatic carbocycles. The van der Waals surface area contributed by atoms with Crippen LogP contribution in [0.2, 0.25) is 0 Å². The van der Waals surface area contributed by atoms with Gasteiger partial charge in [0.2, 0.25) is 0 Å². The summed E-state index contributed by atoms with van der Waals surface area (Å²) < 4.78 is 19.2. The lowest BCUT2D eigenvalue weighted by Gasteiger charge is -2.35. The second-order valence-electron chi connectivity index (χ2n) is 12.0. The van der Waals surface area contributed by atoms with Gasteiger partial charge in [-0.15, -0.1) is 10.2 Å². The molecule has 6 aromatic rings. The van der Waals surface area contributed by atoms with Gasteiger partial charge in [-0.1, -0.05) is 98.1 Å². The quantitative estimate of drug-likeness (QED) is 0.189. The molecule has 0 fully saturated rings. The predicted octanol–water partition coefficient (Wildman–Crippen LogP) is 6.53.